The number of benzene rings is 1. The quantitative estimate of drug-likeness (QED) is 0.716. The van der Waals surface area contributed by atoms with Crippen LogP contribution < -0.4 is 0 Å². The van der Waals surface area contributed by atoms with Gasteiger partial charge in [0.15, 0.2) is 0 Å². The van der Waals surface area contributed by atoms with E-state index in [0.717, 1.165) is 5.56 Å². The summed E-state index contributed by atoms with van der Waals surface area (Å²) in [6, 6.07) is 9.58. The van der Waals surface area contributed by atoms with E-state index in [1.165, 1.54) is 12.2 Å². The summed E-state index contributed by atoms with van der Waals surface area (Å²) in [4.78, 5) is 15.4. The summed E-state index contributed by atoms with van der Waals surface area (Å²) in [6.45, 7) is 0.356. The molecule has 0 radical (unpaired) electrons. The van der Waals surface area contributed by atoms with Crippen LogP contribution in [0.4, 0.5) is 0 Å². The minimum absolute atomic E-state index is 0.120. The molecule has 0 aliphatic heterocycles. The smallest absolute Gasteiger partial charge is 0.320 e. The van der Waals surface area contributed by atoms with E-state index >= 15 is 0 Å². The predicted octanol–water partition coefficient (Wildman–Crippen LogP) is 1.13. The zero-order chi connectivity index (χ0) is 10.4. The third kappa shape index (κ3) is 3.55. The van der Waals surface area contributed by atoms with Crippen LogP contribution in [0.5, 0.6) is 0 Å². The molecule has 0 aliphatic carbocycles. The Labute approximate surface area is 82.7 Å². The van der Waals surface area contributed by atoms with Crippen molar-refractivity contribution in [2.45, 2.75) is 6.54 Å². The van der Waals surface area contributed by atoms with E-state index in [2.05, 4.69) is 0 Å². The van der Waals surface area contributed by atoms with Crippen molar-refractivity contribution in [3.63, 3.8) is 0 Å². The molecule has 0 amide bonds. The van der Waals surface area contributed by atoms with Gasteiger partial charge in [-0.2, -0.15) is 5.06 Å². The third-order valence-electron chi connectivity index (χ3n) is 1.77. The Hall–Kier alpha value is -1.39. The summed E-state index contributed by atoms with van der Waals surface area (Å²) in [5, 5.41) is 9.96. The highest BCUT2D eigenvalue weighted by atomic mass is 16.7. The molecule has 0 aromatic heterocycles. The first kappa shape index (κ1) is 10.7. The topological polar surface area (TPSA) is 49.8 Å². The maximum Gasteiger partial charge on any atom is 0.320 e. The highest BCUT2D eigenvalue weighted by molar-refractivity contribution is 5.68. The Morgan fingerprint density at radius 2 is 2.07 bits per heavy atom. The Kier molecular flexibility index (Phi) is 4.10. The van der Waals surface area contributed by atoms with Crippen LogP contribution in [-0.2, 0) is 16.2 Å². The van der Waals surface area contributed by atoms with E-state index in [4.69, 9.17) is 9.94 Å². The van der Waals surface area contributed by atoms with Gasteiger partial charge in [0.2, 0.25) is 0 Å². The molecular weight excluding hydrogens is 182 g/mol. The lowest BCUT2D eigenvalue weighted by Crippen LogP contribution is -2.28. The average molecular weight is 195 g/mol. The fourth-order valence-corrected chi connectivity index (χ4v) is 1.12. The van der Waals surface area contributed by atoms with Gasteiger partial charge >= 0.3 is 5.97 Å². The molecular formula is C10H13NO3. The molecule has 76 valence electrons. The van der Waals surface area contributed by atoms with Crippen LogP contribution in [0.25, 0.3) is 0 Å². The zero-order valence-corrected chi connectivity index (χ0v) is 8.01. The molecule has 14 heavy (non-hydrogen) atoms. The van der Waals surface area contributed by atoms with Crippen molar-refractivity contribution >= 4 is 5.97 Å². The lowest BCUT2D eigenvalue weighted by atomic mass is 10.2. The largest absolute Gasteiger partial charge is 0.480 e. The van der Waals surface area contributed by atoms with Gasteiger partial charge in [0.25, 0.3) is 0 Å². The van der Waals surface area contributed by atoms with E-state index in [9.17, 15) is 4.79 Å². The highest BCUT2D eigenvalue weighted by Crippen LogP contribution is 2.03. The maximum absolute atomic E-state index is 10.4. The second-order valence-electron chi connectivity index (χ2n) is 2.86. The number of rotatable bonds is 5. The molecule has 0 fully saturated rings. The summed E-state index contributed by atoms with van der Waals surface area (Å²) in [5.41, 5.74) is 1.02. The SMILES string of the molecule is CON(CC(=O)O)Cc1ccccc1. The van der Waals surface area contributed by atoms with Crippen molar-refractivity contribution in [1.82, 2.24) is 5.06 Å². The van der Waals surface area contributed by atoms with Gasteiger partial charge in [-0.05, 0) is 5.56 Å². The Balaban J connectivity index is 2.53. The fourth-order valence-electron chi connectivity index (χ4n) is 1.12. The second-order valence-corrected chi connectivity index (χ2v) is 2.86. The van der Waals surface area contributed by atoms with E-state index in [1.807, 2.05) is 30.3 Å². The van der Waals surface area contributed by atoms with E-state index in [-0.39, 0.29) is 6.54 Å². The minimum atomic E-state index is -0.900. The molecule has 0 aliphatic rings. The number of carboxylic acids is 1. The molecule has 0 spiro atoms. The molecule has 1 rings (SSSR count). The molecule has 1 aromatic carbocycles. The van der Waals surface area contributed by atoms with Crippen molar-refractivity contribution in [3.05, 3.63) is 35.9 Å². The lowest BCUT2D eigenvalue weighted by Gasteiger charge is -2.16. The second kappa shape index (κ2) is 5.36. The summed E-state index contributed by atoms with van der Waals surface area (Å²) < 4.78 is 0. The number of aliphatic carboxylic acids is 1. The van der Waals surface area contributed by atoms with Crippen molar-refractivity contribution in [1.29, 1.82) is 0 Å². The number of carbonyl (C=O) groups is 1. The monoisotopic (exact) mass is 195 g/mol. The van der Waals surface area contributed by atoms with E-state index in [0.29, 0.717) is 6.54 Å². The third-order valence-corrected chi connectivity index (χ3v) is 1.77. The van der Waals surface area contributed by atoms with Gasteiger partial charge < -0.3 is 9.94 Å². The standard InChI is InChI=1S/C10H13NO3/c1-14-11(8-10(12)13)7-9-5-3-2-4-6-9/h2-6H,7-8H2,1H3,(H,12,13). The molecule has 1 aromatic rings. The maximum atomic E-state index is 10.4. The van der Waals surface area contributed by atoms with Crippen molar-refractivity contribution in [2.24, 2.45) is 0 Å². The predicted molar refractivity (Wildman–Crippen MR) is 51.5 cm³/mol. The van der Waals surface area contributed by atoms with Gasteiger partial charge in [-0.15, -0.1) is 0 Å². The molecule has 0 saturated carbocycles. The van der Waals surface area contributed by atoms with Gasteiger partial charge in [-0.3, -0.25) is 4.79 Å². The van der Waals surface area contributed by atoms with Crippen LogP contribution >= 0.6 is 0 Å². The summed E-state index contributed by atoms with van der Waals surface area (Å²) in [7, 11) is 1.46. The zero-order valence-electron chi connectivity index (χ0n) is 8.01. The van der Waals surface area contributed by atoms with Crippen molar-refractivity contribution in [3.8, 4) is 0 Å². The Morgan fingerprint density at radius 3 is 2.57 bits per heavy atom. The molecule has 4 heteroatoms. The van der Waals surface area contributed by atoms with Crippen molar-refractivity contribution in [2.75, 3.05) is 13.7 Å². The van der Waals surface area contributed by atoms with Gasteiger partial charge in [-0.1, -0.05) is 30.3 Å². The number of hydroxylamine groups is 2. The van der Waals surface area contributed by atoms with Crippen LogP contribution in [0.2, 0.25) is 0 Å². The van der Waals surface area contributed by atoms with Gasteiger partial charge in [0.05, 0.1) is 7.11 Å². The van der Waals surface area contributed by atoms with Crippen LogP contribution in [0.3, 0.4) is 0 Å². The minimum Gasteiger partial charge on any atom is -0.480 e. The number of hydrogen-bond donors (Lipinski definition) is 1. The lowest BCUT2D eigenvalue weighted by molar-refractivity contribution is -0.166. The molecule has 0 heterocycles. The molecule has 0 bridgehead atoms. The number of hydrogen-bond acceptors (Lipinski definition) is 3. The summed E-state index contributed by atoms with van der Waals surface area (Å²) in [6.07, 6.45) is 0. The van der Waals surface area contributed by atoms with Crippen molar-refractivity contribution < 1.29 is 14.7 Å². The molecule has 1 N–H and O–H groups in total. The first-order valence-electron chi connectivity index (χ1n) is 4.27. The van der Waals surface area contributed by atoms with Crippen LogP contribution in [0, 0.1) is 0 Å². The fraction of sp³-hybridized carbons (Fsp3) is 0.300. The normalized spacial score (nSPS) is 10.4. The molecule has 0 saturated heterocycles. The summed E-state index contributed by atoms with van der Waals surface area (Å²) >= 11 is 0. The summed E-state index contributed by atoms with van der Waals surface area (Å²) in [5.74, 6) is -0.900. The molecule has 0 atom stereocenters. The van der Waals surface area contributed by atoms with Crippen LogP contribution in [0.1, 0.15) is 5.56 Å². The van der Waals surface area contributed by atoms with Crippen LogP contribution in [0.15, 0.2) is 30.3 Å². The highest BCUT2D eigenvalue weighted by Gasteiger charge is 2.08. The van der Waals surface area contributed by atoms with Gasteiger partial charge in [0, 0.05) is 6.54 Å². The number of nitrogens with zero attached hydrogens (tertiary/aromatic N) is 1. The van der Waals surface area contributed by atoms with Gasteiger partial charge in [0.1, 0.15) is 6.54 Å². The van der Waals surface area contributed by atoms with Gasteiger partial charge in [-0.25, -0.2) is 0 Å². The first-order chi connectivity index (χ1) is 6.72. The molecule has 0 unspecified atom stereocenters. The average Bonchev–Trinajstić information content (AvgIpc) is 2.17. The Morgan fingerprint density at radius 1 is 1.43 bits per heavy atom. The first-order valence-corrected chi connectivity index (χ1v) is 4.27. The molecule has 4 nitrogen and oxygen atoms in total. The van der Waals surface area contributed by atoms with Crippen LogP contribution in [-0.4, -0.2) is 29.8 Å². The number of carboxylic acid groups (broad SMARTS) is 1. The Bertz CT molecular complexity index is 287. The van der Waals surface area contributed by atoms with E-state index < -0.39 is 5.97 Å². The van der Waals surface area contributed by atoms with E-state index in [1.54, 1.807) is 0 Å².